The highest BCUT2D eigenvalue weighted by Gasteiger charge is 2.45. The molecule has 4 fully saturated rings. The summed E-state index contributed by atoms with van der Waals surface area (Å²) in [4.78, 5) is 20.0. The number of nitrogens with zero attached hydrogens (tertiary/aromatic N) is 3. The second-order valence-electron chi connectivity index (χ2n) is 11.7. The van der Waals surface area contributed by atoms with E-state index in [1.54, 1.807) is 5.56 Å². The van der Waals surface area contributed by atoms with Crippen LogP contribution in [0.15, 0.2) is 48.5 Å². The van der Waals surface area contributed by atoms with Crippen LogP contribution in [0.5, 0.6) is 0 Å². The minimum absolute atomic E-state index is 0.0968. The molecule has 0 aromatic heterocycles. The lowest BCUT2D eigenvalue weighted by Gasteiger charge is -2.50. The lowest BCUT2D eigenvalue weighted by molar-refractivity contribution is 0.0660. The smallest absolute Gasteiger partial charge is 0.410 e. The number of likely N-dealkylation sites (tertiary alicyclic amines) is 1. The van der Waals surface area contributed by atoms with Crippen LogP contribution in [0.3, 0.4) is 0 Å². The topological polar surface area (TPSA) is 36.0 Å². The van der Waals surface area contributed by atoms with Gasteiger partial charge in [-0.3, -0.25) is 0 Å². The maximum atomic E-state index is 12.6. The fourth-order valence-corrected chi connectivity index (χ4v) is 7.70. The highest BCUT2D eigenvalue weighted by atomic mass is 16.6. The average Bonchev–Trinajstić information content (AvgIpc) is 3.22. The third-order valence-electron chi connectivity index (χ3n) is 9.54. The summed E-state index contributed by atoms with van der Waals surface area (Å²) in [7, 11) is 0. The van der Waals surface area contributed by atoms with Crippen molar-refractivity contribution in [2.24, 2.45) is 5.92 Å². The molecule has 5 nitrogen and oxygen atoms in total. The van der Waals surface area contributed by atoms with Crippen LogP contribution in [0, 0.1) is 12.8 Å². The van der Waals surface area contributed by atoms with Gasteiger partial charge in [0, 0.05) is 42.8 Å². The molecule has 2 bridgehead atoms. The average molecular weight is 488 g/mol. The predicted molar refractivity (Wildman–Crippen MR) is 144 cm³/mol. The van der Waals surface area contributed by atoms with Crippen LogP contribution in [0.4, 0.5) is 10.5 Å². The van der Waals surface area contributed by atoms with Gasteiger partial charge in [0.2, 0.25) is 0 Å². The monoisotopic (exact) mass is 487 g/mol. The van der Waals surface area contributed by atoms with Crippen LogP contribution in [0.2, 0.25) is 0 Å². The molecule has 5 heteroatoms. The number of fused-ring (bicyclic) bond motifs is 6. The maximum absolute atomic E-state index is 12.6. The lowest BCUT2D eigenvalue weighted by atomic mass is 9.68. The zero-order valence-electron chi connectivity index (χ0n) is 22.0. The molecule has 4 heterocycles. The minimum atomic E-state index is -0.0968. The molecule has 0 N–H and O–H groups in total. The van der Waals surface area contributed by atoms with Crippen LogP contribution in [0.25, 0.3) is 0 Å². The van der Waals surface area contributed by atoms with Gasteiger partial charge in [0.25, 0.3) is 0 Å². The van der Waals surface area contributed by atoms with Crippen LogP contribution < -0.4 is 4.90 Å². The molecule has 1 saturated carbocycles. The first kappa shape index (κ1) is 23.8. The Morgan fingerprint density at radius 2 is 1.86 bits per heavy atom. The van der Waals surface area contributed by atoms with Gasteiger partial charge in [-0.2, -0.15) is 0 Å². The van der Waals surface area contributed by atoms with Crippen molar-refractivity contribution in [2.45, 2.75) is 76.4 Å². The van der Waals surface area contributed by atoms with Gasteiger partial charge in [-0.25, -0.2) is 4.79 Å². The number of carbonyl (C=O) groups excluding carboxylic acids is 1. The molecule has 7 rings (SSSR count). The molecule has 192 valence electrons. The van der Waals surface area contributed by atoms with Crippen molar-refractivity contribution in [1.29, 1.82) is 0 Å². The van der Waals surface area contributed by atoms with Crippen LogP contribution in [0.1, 0.15) is 62.1 Å². The molecule has 5 aliphatic rings. The molecule has 4 aliphatic heterocycles. The van der Waals surface area contributed by atoms with Crippen LogP contribution in [-0.2, 0) is 16.7 Å². The molecule has 1 amide bonds. The Labute approximate surface area is 216 Å². The summed E-state index contributed by atoms with van der Waals surface area (Å²) in [6, 6.07) is 19.1. The molecule has 1 aliphatic carbocycles. The van der Waals surface area contributed by atoms with E-state index in [0.29, 0.717) is 24.6 Å². The largest absolute Gasteiger partial charge is 0.450 e. The van der Waals surface area contributed by atoms with E-state index in [9.17, 15) is 4.79 Å². The first-order valence-electron chi connectivity index (χ1n) is 14.1. The molecule has 2 aromatic carbocycles. The summed E-state index contributed by atoms with van der Waals surface area (Å²) in [5, 5.41) is 0. The van der Waals surface area contributed by atoms with Gasteiger partial charge in [0.1, 0.15) is 0 Å². The third kappa shape index (κ3) is 4.40. The van der Waals surface area contributed by atoms with Gasteiger partial charge in [0.05, 0.1) is 6.61 Å². The van der Waals surface area contributed by atoms with Gasteiger partial charge in [-0.1, -0.05) is 36.4 Å². The van der Waals surface area contributed by atoms with Gasteiger partial charge in [0.15, 0.2) is 0 Å². The summed E-state index contributed by atoms with van der Waals surface area (Å²) in [5.74, 6) is 0.612. The normalized spacial score (nSPS) is 27.6. The summed E-state index contributed by atoms with van der Waals surface area (Å²) in [6.45, 7) is 9.86. The molecule has 3 saturated heterocycles. The summed E-state index contributed by atoms with van der Waals surface area (Å²) >= 11 is 0. The zero-order valence-corrected chi connectivity index (χ0v) is 22.0. The number of piperidine rings is 2. The van der Waals surface area contributed by atoms with E-state index in [1.807, 2.05) is 6.92 Å². The number of aryl methyl sites for hydroxylation is 1. The molecular formula is C31H41N3O2. The number of benzene rings is 2. The van der Waals surface area contributed by atoms with Crippen LogP contribution >= 0.6 is 0 Å². The lowest BCUT2D eigenvalue weighted by Crippen LogP contribution is -2.54. The Morgan fingerprint density at radius 1 is 1.03 bits per heavy atom. The number of ether oxygens (including phenoxy) is 1. The van der Waals surface area contributed by atoms with E-state index in [1.165, 1.54) is 42.5 Å². The predicted octanol–water partition coefficient (Wildman–Crippen LogP) is 5.75. The molecular weight excluding hydrogens is 446 g/mol. The fourth-order valence-electron chi connectivity index (χ4n) is 7.70. The molecule has 2 aromatic rings. The number of hydrogen-bond donors (Lipinski definition) is 0. The molecule has 3 unspecified atom stereocenters. The summed E-state index contributed by atoms with van der Waals surface area (Å²) in [6.07, 6.45) is 7.05. The second-order valence-corrected chi connectivity index (χ2v) is 11.7. The maximum Gasteiger partial charge on any atom is 0.410 e. The number of hydrogen-bond acceptors (Lipinski definition) is 4. The molecule has 36 heavy (non-hydrogen) atoms. The van der Waals surface area contributed by atoms with Crippen molar-refractivity contribution in [1.82, 2.24) is 9.80 Å². The Morgan fingerprint density at radius 3 is 2.67 bits per heavy atom. The van der Waals surface area contributed by atoms with E-state index >= 15 is 0 Å². The Hall–Kier alpha value is -2.53. The Bertz CT molecular complexity index is 1090. The van der Waals surface area contributed by atoms with Crippen molar-refractivity contribution < 1.29 is 9.53 Å². The van der Waals surface area contributed by atoms with Gasteiger partial charge in [-0.15, -0.1) is 0 Å². The highest BCUT2D eigenvalue weighted by Crippen LogP contribution is 2.45. The van der Waals surface area contributed by atoms with Crippen molar-refractivity contribution in [3.63, 3.8) is 0 Å². The second kappa shape index (κ2) is 9.74. The van der Waals surface area contributed by atoms with E-state index < -0.39 is 0 Å². The number of amides is 1. The zero-order chi connectivity index (χ0) is 24.7. The minimum Gasteiger partial charge on any atom is -0.450 e. The number of carbonyl (C=O) groups is 1. The van der Waals surface area contributed by atoms with Crippen molar-refractivity contribution >= 4 is 11.8 Å². The van der Waals surface area contributed by atoms with E-state index in [2.05, 4.69) is 70.2 Å². The SMILES string of the molecule is CCOC(=O)N1CC2CCC1CC(N1CCC3(CC1)CN(c1cccc(C)c1)Cc1ccccc13)C2. The third-order valence-corrected chi connectivity index (χ3v) is 9.54. The fraction of sp³-hybridized carbons (Fsp3) is 0.581. The Balaban J connectivity index is 1.19. The standard InChI is InChI=1S/C31H41N3O2/c1-3-36-30(35)34-20-24-11-12-27(34)19-28(18-24)32-15-13-31(14-16-32)22-33(26-9-6-7-23(2)17-26)21-25-8-4-5-10-29(25)31/h4-10,17,24,27-28H,3,11-16,18-22H2,1-2H3. The molecule has 1 spiro atoms. The number of rotatable bonds is 3. The van der Waals surface area contributed by atoms with Crippen molar-refractivity contribution in [3.05, 3.63) is 65.2 Å². The first-order valence-corrected chi connectivity index (χ1v) is 14.1. The molecule has 3 atom stereocenters. The Kier molecular flexibility index (Phi) is 6.45. The van der Waals surface area contributed by atoms with E-state index in [4.69, 9.17) is 4.74 Å². The van der Waals surface area contributed by atoms with Crippen LogP contribution in [-0.4, -0.2) is 60.8 Å². The van der Waals surface area contributed by atoms with E-state index in [0.717, 1.165) is 45.6 Å². The van der Waals surface area contributed by atoms with Gasteiger partial charge < -0.3 is 19.4 Å². The molecule has 0 radical (unpaired) electrons. The highest BCUT2D eigenvalue weighted by molar-refractivity contribution is 5.68. The van der Waals surface area contributed by atoms with Gasteiger partial charge >= 0.3 is 6.09 Å². The van der Waals surface area contributed by atoms with Gasteiger partial charge in [-0.05, 0) is 100 Å². The summed E-state index contributed by atoms with van der Waals surface area (Å²) in [5.41, 5.74) is 5.98. The van der Waals surface area contributed by atoms with Crippen molar-refractivity contribution in [3.8, 4) is 0 Å². The van der Waals surface area contributed by atoms with E-state index in [-0.39, 0.29) is 11.5 Å². The number of anilines is 1. The quantitative estimate of drug-likeness (QED) is 0.552. The van der Waals surface area contributed by atoms with Crippen molar-refractivity contribution in [2.75, 3.05) is 37.7 Å². The summed E-state index contributed by atoms with van der Waals surface area (Å²) < 4.78 is 5.40. The first-order chi connectivity index (χ1) is 17.5.